The van der Waals surface area contributed by atoms with Gasteiger partial charge in [0, 0.05) is 0 Å². The Morgan fingerprint density at radius 2 is 1.92 bits per heavy atom. The predicted molar refractivity (Wildman–Crippen MR) is 46.3 cm³/mol. The molecule has 0 unspecified atom stereocenters. The van der Waals surface area contributed by atoms with Gasteiger partial charge in [0.05, 0.1) is 5.97 Å². The number of rotatable bonds is 3. The van der Waals surface area contributed by atoms with Crippen molar-refractivity contribution >= 4 is 5.97 Å². The lowest BCUT2D eigenvalue weighted by Gasteiger charge is -2.15. The van der Waals surface area contributed by atoms with Crippen molar-refractivity contribution in [2.75, 3.05) is 0 Å². The van der Waals surface area contributed by atoms with Gasteiger partial charge in [-0.2, -0.15) is 0 Å². The van der Waals surface area contributed by atoms with E-state index >= 15 is 0 Å². The Hall–Kier alpha value is -1.51. The number of aryl methyl sites for hydroxylation is 1. The van der Waals surface area contributed by atoms with Crippen molar-refractivity contribution in [1.82, 2.24) is 0 Å². The Morgan fingerprint density at radius 1 is 1.38 bits per heavy atom. The average Bonchev–Trinajstić information content (AvgIpc) is 2.08. The van der Waals surface area contributed by atoms with Crippen LogP contribution >= 0.6 is 0 Å². The molecule has 0 aliphatic heterocycles. The molecule has 1 aromatic rings. The van der Waals surface area contributed by atoms with Gasteiger partial charge < -0.3 is 14.6 Å². The van der Waals surface area contributed by atoms with Gasteiger partial charge in [-0.25, -0.2) is 0 Å². The molecule has 0 bridgehead atoms. The third kappa shape index (κ3) is 2.78. The second kappa shape index (κ2) is 3.94. The van der Waals surface area contributed by atoms with Crippen LogP contribution in [0.5, 0.6) is 5.75 Å². The van der Waals surface area contributed by atoms with E-state index in [1.54, 1.807) is 12.1 Å². The summed E-state index contributed by atoms with van der Waals surface area (Å²) in [6, 6.07) is 7.18. The van der Waals surface area contributed by atoms with Crippen LogP contribution in [0.3, 0.4) is 0 Å². The fourth-order valence-electron chi connectivity index (χ4n) is 0.869. The number of hydrogen-bond donors (Lipinski definition) is 0. The van der Waals surface area contributed by atoms with Gasteiger partial charge in [0.2, 0.25) is 0 Å². The lowest BCUT2D eigenvalue weighted by molar-refractivity contribution is -0.312. The molecule has 3 nitrogen and oxygen atoms in total. The molecule has 0 heterocycles. The highest BCUT2D eigenvalue weighted by Crippen LogP contribution is 2.12. The van der Waals surface area contributed by atoms with Gasteiger partial charge in [-0.1, -0.05) is 17.7 Å². The maximum Gasteiger partial charge on any atom is 0.135 e. The van der Waals surface area contributed by atoms with E-state index in [2.05, 4.69) is 0 Å². The van der Waals surface area contributed by atoms with Gasteiger partial charge in [0.15, 0.2) is 0 Å². The standard InChI is InChI=1S/C10H12O3/c1-7-3-5-9(6-4-7)13-8(2)10(11)12/h3-6,8H,1-2H3,(H,11,12)/p-1/t8-/m1/s1. The van der Waals surface area contributed by atoms with Crippen LogP contribution < -0.4 is 9.84 Å². The predicted octanol–water partition coefficient (Wildman–Crippen LogP) is 0.512. The minimum Gasteiger partial charge on any atom is -0.546 e. The summed E-state index contributed by atoms with van der Waals surface area (Å²) in [5, 5.41) is 10.3. The highest BCUT2D eigenvalue weighted by atomic mass is 16.5. The third-order valence-corrected chi connectivity index (χ3v) is 1.67. The summed E-state index contributed by atoms with van der Waals surface area (Å²) in [5.41, 5.74) is 1.11. The normalized spacial score (nSPS) is 12.2. The van der Waals surface area contributed by atoms with Crippen molar-refractivity contribution in [2.24, 2.45) is 0 Å². The summed E-state index contributed by atoms with van der Waals surface area (Å²) in [5.74, 6) is -0.664. The number of carbonyl (C=O) groups is 1. The minimum atomic E-state index is -1.21. The van der Waals surface area contributed by atoms with E-state index in [1.807, 2.05) is 19.1 Å². The summed E-state index contributed by atoms with van der Waals surface area (Å²) < 4.78 is 5.07. The Labute approximate surface area is 77.0 Å². The van der Waals surface area contributed by atoms with E-state index < -0.39 is 12.1 Å². The molecule has 70 valence electrons. The number of carbonyl (C=O) groups excluding carboxylic acids is 1. The molecular formula is C10H11O3-. The fraction of sp³-hybridized carbons (Fsp3) is 0.300. The molecule has 1 atom stereocenters. The van der Waals surface area contributed by atoms with E-state index in [4.69, 9.17) is 4.74 Å². The van der Waals surface area contributed by atoms with Crippen LogP contribution in [0.1, 0.15) is 12.5 Å². The molecule has 0 fully saturated rings. The van der Waals surface area contributed by atoms with Crippen molar-refractivity contribution in [3.05, 3.63) is 29.8 Å². The van der Waals surface area contributed by atoms with Crippen molar-refractivity contribution < 1.29 is 14.6 Å². The molecule has 0 saturated carbocycles. The molecule has 0 amide bonds. The Kier molecular flexibility index (Phi) is 2.90. The molecule has 0 saturated heterocycles. The van der Waals surface area contributed by atoms with Crippen LogP contribution in [-0.4, -0.2) is 12.1 Å². The van der Waals surface area contributed by atoms with E-state index in [0.29, 0.717) is 5.75 Å². The summed E-state index contributed by atoms with van der Waals surface area (Å²) in [6.45, 7) is 3.39. The largest absolute Gasteiger partial charge is 0.546 e. The van der Waals surface area contributed by atoms with Crippen LogP contribution in [0.4, 0.5) is 0 Å². The molecular weight excluding hydrogens is 168 g/mol. The van der Waals surface area contributed by atoms with Gasteiger partial charge >= 0.3 is 0 Å². The van der Waals surface area contributed by atoms with Gasteiger partial charge in [-0.15, -0.1) is 0 Å². The first-order valence-electron chi connectivity index (χ1n) is 4.04. The van der Waals surface area contributed by atoms with Crippen LogP contribution in [0, 0.1) is 6.92 Å². The fourth-order valence-corrected chi connectivity index (χ4v) is 0.869. The first kappa shape index (κ1) is 9.58. The Bertz CT molecular complexity index is 290. The zero-order valence-corrected chi connectivity index (χ0v) is 7.61. The molecule has 0 aliphatic rings. The Balaban J connectivity index is 2.64. The van der Waals surface area contributed by atoms with E-state index in [0.717, 1.165) is 5.56 Å². The minimum absolute atomic E-state index is 0.544. The maximum atomic E-state index is 10.3. The van der Waals surface area contributed by atoms with Crippen molar-refractivity contribution in [3.63, 3.8) is 0 Å². The van der Waals surface area contributed by atoms with Crippen molar-refractivity contribution in [3.8, 4) is 5.75 Å². The third-order valence-electron chi connectivity index (χ3n) is 1.67. The molecule has 1 rings (SSSR count). The van der Waals surface area contributed by atoms with E-state index in [1.165, 1.54) is 6.92 Å². The van der Waals surface area contributed by atoms with Crippen LogP contribution in [-0.2, 0) is 4.79 Å². The van der Waals surface area contributed by atoms with Crippen LogP contribution in [0.2, 0.25) is 0 Å². The zero-order chi connectivity index (χ0) is 9.84. The van der Waals surface area contributed by atoms with Crippen molar-refractivity contribution in [1.29, 1.82) is 0 Å². The molecule has 3 heteroatoms. The van der Waals surface area contributed by atoms with Gasteiger partial charge in [-0.05, 0) is 26.0 Å². The molecule has 0 aliphatic carbocycles. The van der Waals surface area contributed by atoms with Gasteiger partial charge in [-0.3, -0.25) is 0 Å². The van der Waals surface area contributed by atoms with Crippen LogP contribution in [0.15, 0.2) is 24.3 Å². The summed E-state index contributed by atoms with van der Waals surface area (Å²) in [7, 11) is 0. The molecule has 1 aromatic carbocycles. The number of carboxylic acid groups (broad SMARTS) is 1. The average molecular weight is 179 g/mol. The smallest absolute Gasteiger partial charge is 0.135 e. The topological polar surface area (TPSA) is 49.4 Å². The second-order valence-corrected chi connectivity index (χ2v) is 2.89. The molecule has 0 aromatic heterocycles. The first-order valence-corrected chi connectivity index (χ1v) is 4.04. The highest BCUT2D eigenvalue weighted by molar-refractivity contribution is 5.69. The van der Waals surface area contributed by atoms with Crippen molar-refractivity contribution in [2.45, 2.75) is 20.0 Å². The number of hydrogen-bond acceptors (Lipinski definition) is 3. The molecule has 0 radical (unpaired) electrons. The van der Waals surface area contributed by atoms with Crippen LogP contribution in [0.25, 0.3) is 0 Å². The number of carboxylic acids is 1. The molecule has 13 heavy (non-hydrogen) atoms. The maximum absolute atomic E-state index is 10.3. The Morgan fingerprint density at radius 3 is 2.38 bits per heavy atom. The van der Waals surface area contributed by atoms with E-state index in [-0.39, 0.29) is 0 Å². The monoisotopic (exact) mass is 179 g/mol. The quantitative estimate of drug-likeness (QED) is 0.679. The lowest BCUT2D eigenvalue weighted by Crippen LogP contribution is -2.37. The SMILES string of the molecule is Cc1ccc(O[C@H](C)C(=O)[O-])cc1. The van der Waals surface area contributed by atoms with E-state index in [9.17, 15) is 9.90 Å². The summed E-state index contributed by atoms with van der Waals surface area (Å²) in [4.78, 5) is 10.3. The summed E-state index contributed by atoms with van der Waals surface area (Å²) in [6.07, 6.45) is -0.914. The second-order valence-electron chi connectivity index (χ2n) is 2.89. The first-order chi connectivity index (χ1) is 6.09. The number of benzene rings is 1. The number of aliphatic carboxylic acids is 1. The van der Waals surface area contributed by atoms with Gasteiger partial charge in [0.1, 0.15) is 11.9 Å². The highest BCUT2D eigenvalue weighted by Gasteiger charge is 2.03. The molecule has 0 spiro atoms. The molecule has 0 N–H and O–H groups in total. The summed E-state index contributed by atoms with van der Waals surface area (Å²) >= 11 is 0. The zero-order valence-electron chi connectivity index (χ0n) is 7.61. The van der Waals surface area contributed by atoms with Gasteiger partial charge in [0.25, 0.3) is 0 Å². The number of ether oxygens (including phenoxy) is 1. The lowest BCUT2D eigenvalue weighted by atomic mass is 10.2.